The maximum absolute atomic E-state index is 12.8. The Hall–Kier alpha value is -1.20. The van der Waals surface area contributed by atoms with Gasteiger partial charge in [0.2, 0.25) is 0 Å². The Balaban J connectivity index is 1.63. The third-order valence-corrected chi connectivity index (χ3v) is 13.0. The zero-order chi connectivity index (χ0) is 25.8. The molecule has 5 aliphatic carbocycles. The number of aliphatic hydroxyl groups excluding tert-OH is 2. The molecular formula is C30H46O5. The van der Waals surface area contributed by atoms with Gasteiger partial charge in [-0.2, -0.15) is 0 Å². The molecule has 3 N–H and O–H groups in total. The number of hydrogen-bond donors (Lipinski definition) is 3. The van der Waals surface area contributed by atoms with Crippen LogP contribution < -0.4 is 0 Å². The van der Waals surface area contributed by atoms with E-state index in [0.717, 1.165) is 44.8 Å². The van der Waals surface area contributed by atoms with Crippen molar-refractivity contribution in [3.8, 4) is 0 Å². The number of allylic oxidation sites excluding steroid dienone is 2. The summed E-state index contributed by atoms with van der Waals surface area (Å²) in [4.78, 5) is 25.1. The first-order valence-electron chi connectivity index (χ1n) is 13.9. The molecule has 0 aliphatic heterocycles. The molecule has 0 aromatic carbocycles. The molecule has 0 amide bonds. The molecule has 10 atom stereocenters. The average Bonchev–Trinajstić information content (AvgIpc) is 2.76. The first-order valence-corrected chi connectivity index (χ1v) is 13.9. The van der Waals surface area contributed by atoms with Crippen LogP contribution in [0.3, 0.4) is 0 Å². The second-order valence-electron chi connectivity index (χ2n) is 14.8. The molecule has 5 aliphatic rings. The van der Waals surface area contributed by atoms with Crippen molar-refractivity contribution in [1.82, 2.24) is 0 Å². The Morgan fingerprint density at radius 1 is 0.914 bits per heavy atom. The van der Waals surface area contributed by atoms with Crippen LogP contribution in [0.4, 0.5) is 0 Å². The van der Waals surface area contributed by atoms with E-state index in [2.05, 4.69) is 40.7 Å². The molecular weight excluding hydrogens is 440 g/mol. The van der Waals surface area contributed by atoms with Crippen LogP contribution in [0, 0.1) is 50.2 Å². The number of fused-ring (bicyclic) bond motifs is 7. The lowest BCUT2D eigenvalue weighted by Gasteiger charge is -2.71. The second-order valence-corrected chi connectivity index (χ2v) is 14.8. The van der Waals surface area contributed by atoms with Crippen molar-refractivity contribution in [3.05, 3.63) is 11.6 Å². The van der Waals surface area contributed by atoms with Gasteiger partial charge in [-0.1, -0.05) is 53.2 Å². The number of carboxylic acids is 1. The molecule has 0 aromatic heterocycles. The summed E-state index contributed by atoms with van der Waals surface area (Å²) in [7, 11) is 0. The van der Waals surface area contributed by atoms with Gasteiger partial charge in [-0.3, -0.25) is 4.79 Å². The van der Waals surface area contributed by atoms with Crippen molar-refractivity contribution in [2.75, 3.05) is 0 Å². The van der Waals surface area contributed by atoms with Gasteiger partial charge in [0, 0.05) is 0 Å². The van der Waals surface area contributed by atoms with Crippen LogP contribution in [-0.4, -0.2) is 39.8 Å². The Kier molecular flexibility index (Phi) is 5.40. The molecule has 5 nitrogen and oxygen atoms in total. The number of rotatable bonds is 2. The molecule has 0 aromatic rings. The van der Waals surface area contributed by atoms with E-state index in [0.29, 0.717) is 25.2 Å². The van der Waals surface area contributed by atoms with E-state index < -0.39 is 29.0 Å². The molecule has 4 fully saturated rings. The van der Waals surface area contributed by atoms with Crippen molar-refractivity contribution < 1.29 is 24.9 Å². The molecule has 196 valence electrons. The molecule has 0 bridgehead atoms. The number of aldehydes is 1. The van der Waals surface area contributed by atoms with Gasteiger partial charge >= 0.3 is 5.97 Å². The van der Waals surface area contributed by atoms with Crippen LogP contribution in [0.15, 0.2) is 11.6 Å². The lowest BCUT2D eigenvalue weighted by Crippen LogP contribution is -2.67. The largest absolute Gasteiger partial charge is 0.481 e. The van der Waals surface area contributed by atoms with Gasteiger partial charge in [-0.05, 0) is 97.2 Å². The predicted molar refractivity (Wildman–Crippen MR) is 134 cm³/mol. The summed E-state index contributed by atoms with van der Waals surface area (Å²) >= 11 is 0. The van der Waals surface area contributed by atoms with E-state index in [1.54, 1.807) is 0 Å². The van der Waals surface area contributed by atoms with Crippen LogP contribution >= 0.6 is 0 Å². The highest BCUT2D eigenvalue weighted by Crippen LogP contribution is 2.75. The molecule has 0 saturated heterocycles. The summed E-state index contributed by atoms with van der Waals surface area (Å²) in [6, 6.07) is 0. The SMILES string of the molecule is CC1(C)CC[C@@]2(C(=O)O)C(C1)C1=CCC3[C@@]4(C)CCC(O)[C@@](C)(C=O)C4CC[C@@]3(C)[C@]1(C)C[C@H]2O. The minimum atomic E-state index is -1.09. The number of carboxylic acid groups (broad SMARTS) is 1. The highest BCUT2D eigenvalue weighted by Gasteiger charge is 2.71. The van der Waals surface area contributed by atoms with Crippen molar-refractivity contribution in [2.45, 2.75) is 112 Å². The molecule has 4 unspecified atom stereocenters. The van der Waals surface area contributed by atoms with Gasteiger partial charge < -0.3 is 20.1 Å². The molecule has 35 heavy (non-hydrogen) atoms. The number of carbonyl (C=O) groups excluding carboxylic acids is 1. The fourth-order valence-electron chi connectivity index (χ4n) is 10.6. The van der Waals surface area contributed by atoms with Crippen LogP contribution in [0.5, 0.6) is 0 Å². The predicted octanol–water partition coefficient (Wildman–Crippen LogP) is 5.38. The van der Waals surface area contributed by atoms with Crippen molar-refractivity contribution >= 4 is 12.3 Å². The molecule has 5 heteroatoms. The first-order chi connectivity index (χ1) is 16.1. The fourth-order valence-corrected chi connectivity index (χ4v) is 10.6. The van der Waals surface area contributed by atoms with Crippen LogP contribution in [-0.2, 0) is 9.59 Å². The standard InChI is InChI=1S/C30H46O5/c1-25(2)13-14-30(24(34)35)19(15-25)18-7-8-21-26(3)11-10-22(32)27(4,17-31)20(26)9-12-28(21,5)29(18,6)16-23(30)33/h7,17,19-23,32-33H,8-16H2,1-6H3,(H,34,35)/t19?,20?,21?,22?,23-,26+,27+,28-,29-,30-/m1/s1. The zero-order valence-electron chi connectivity index (χ0n) is 22.6. The van der Waals surface area contributed by atoms with Crippen LogP contribution in [0.2, 0.25) is 0 Å². The first kappa shape index (κ1) is 25.4. The normalized spacial score (nSPS) is 54.9. The van der Waals surface area contributed by atoms with E-state index in [-0.39, 0.29) is 33.5 Å². The number of carbonyl (C=O) groups is 2. The average molecular weight is 487 g/mol. The maximum Gasteiger partial charge on any atom is 0.312 e. The molecule has 0 radical (unpaired) electrons. The minimum Gasteiger partial charge on any atom is -0.481 e. The lowest BCUT2D eigenvalue weighted by atomic mass is 9.33. The van der Waals surface area contributed by atoms with Gasteiger partial charge in [-0.15, -0.1) is 0 Å². The van der Waals surface area contributed by atoms with E-state index in [9.17, 15) is 24.9 Å². The summed E-state index contributed by atoms with van der Waals surface area (Å²) in [6.07, 6.45) is 8.83. The molecule has 0 spiro atoms. The maximum atomic E-state index is 12.8. The van der Waals surface area contributed by atoms with Crippen LogP contribution in [0.25, 0.3) is 0 Å². The van der Waals surface area contributed by atoms with E-state index in [1.165, 1.54) is 5.57 Å². The summed E-state index contributed by atoms with van der Waals surface area (Å²) in [6.45, 7) is 13.5. The van der Waals surface area contributed by atoms with Gasteiger partial charge in [-0.25, -0.2) is 0 Å². The monoisotopic (exact) mass is 486 g/mol. The summed E-state index contributed by atoms with van der Waals surface area (Å²) in [5.74, 6) is -0.517. The van der Waals surface area contributed by atoms with Crippen molar-refractivity contribution in [3.63, 3.8) is 0 Å². The van der Waals surface area contributed by atoms with Gasteiger partial charge in [0.05, 0.1) is 17.6 Å². The summed E-state index contributed by atoms with van der Waals surface area (Å²) in [5.41, 5.74) is -0.934. The van der Waals surface area contributed by atoms with Gasteiger partial charge in [0.1, 0.15) is 11.7 Å². The summed E-state index contributed by atoms with van der Waals surface area (Å²) < 4.78 is 0. The quantitative estimate of drug-likeness (QED) is 0.360. The second kappa shape index (κ2) is 7.43. The Bertz CT molecular complexity index is 970. The van der Waals surface area contributed by atoms with Crippen molar-refractivity contribution in [2.24, 2.45) is 50.2 Å². The zero-order valence-corrected chi connectivity index (χ0v) is 22.6. The molecule has 4 saturated carbocycles. The summed E-state index contributed by atoms with van der Waals surface area (Å²) in [5, 5.41) is 33.0. The Morgan fingerprint density at radius 3 is 2.23 bits per heavy atom. The Morgan fingerprint density at radius 2 is 1.60 bits per heavy atom. The van der Waals surface area contributed by atoms with Gasteiger partial charge in [0.25, 0.3) is 0 Å². The minimum absolute atomic E-state index is 0.0507. The molecule has 5 rings (SSSR count). The molecule has 0 heterocycles. The topological polar surface area (TPSA) is 94.8 Å². The number of aliphatic hydroxyl groups is 2. The third-order valence-electron chi connectivity index (χ3n) is 13.0. The van der Waals surface area contributed by atoms with E-state index in [1.807, 2.05) is 6.92 Å². The van der Waals surface area contributed by atoms with E-state index in [4.69, 9.17) is 0 Å². The van der Waals surface area contributed by atoms with Crippen molar-refractivity contribution in [1.29, 1.82) is 0 Å². The third kappa shape index (κ3) is 2.94. The fraction of sp³-hybridized carbons (Fsp3) is 0.867. The van der Waals surface area contributed by atoms with Crippen LogP contribution in [0.1, 0.15) is 99.3 Å². The van der Waals surface area contributed by atoms with E-state index >= 15 is 0 Å². The number of aliphatic carboxylic acids is 1. The lowest BCUT2D eigenvalue weighted by molar-refractivity contribution is -0.217. The highest BCUT2D eigenvalue weighted by atomic mass is 16.4. The Labute approximate surface area is 210 Å². The smallest absolute Gasteiger partial charge is 0.312 e. The van der Waals surface area contributed by atoms with Gasteiger partial charge in [0.15, 0.2) is 0 Å². The highest BCUT2D eigenvalue weighted by molar-refractivity contribution is 5.77. The number of hydrogen-bond acceptors (Lipinski definition) is 4.